The van der Waals surface area contributed by atoms with Gasteiger partial charge < -0.3 is 15.5 Å². The molecule has 4 aromatic heterocycles. The topological polar surface area (TPSA) is 147 Å². The number of rotatable bonds is 4. The minimum atomic E-state index is -5.08. The molecule has 0 aromatic carbocycles. The van der Waals surface area contributed by atoms with Gasteiger partial charge in [-0.25, -0.2) is 14.6 Å². The van der Waals surface area contributed by atoms with Crippen molar-refractivity contribution in [1.29, 1.82) is 0 Å². The Kier molecular flexibility index (Phi) is 10.8. The van der Waals surface area contributed by atoms with Crippen molar-refractivity contribution in [2.24, 2.45) is 0 Å². The average Bonchev–Trinajstić information content (AvgIpc) is 3.31. The number of nitrogens with one attached hydrogen (secondary N) is 1. The molecule has 0 bridgehead atoms. The Bertz CT molecular complexity index is 1520. The molecular weight excluding hydrogens is 609 g/mol. The van der Waals surface area contributed by atoms with Crippen LogP contribution in [0.25, 0.3) is 16.8 Å². The maximum absolute atomic E-state index is 13.6. The van der Waals surface area contributed by atoms with E-state index in [9.17, 15) is 44.3 Å². The van der Waals surface area contributed by atoms with Crippen LogP contribution in [0.1, 0.15) is 22.2 Å². The number of pyridine rings is 3. The summed E-state index contributed by atoms with van der Waals surface area (Å²) in [6.07, 6.45) is -7.70. The number of aromatic nitrogens is 4. The molecule has 230 valence electrons. The third kappa shape index (κ3) is 9.68. The summed E-state index contributed by atoms with van der Waals surface area (Å²) in [5.74, 6) is -6.61. The van der Waals surface area contributed by atoms with E-state index in [1.807, 2.05) is 5.32 Å². The molecule has 19 heteroatoms. The van der Waals surface area contributed by atoms with Crippen LogP contribution in [0.5, 0.6) is 0 Å². The molecule has 0 spiro atoms. The van der Waals surface area contributed by atoms with E-state index >= 15 is 0 Å². The van der Waals surface area contributed by atoms with E-state index in [-0.39, 0.29) is 11.4 Å². The van der Waals surface area contributed by atoms with E-state index < -0.39 is 42.4 Å². The van der Waals surface area contributed by atoms with Crippen LogP contribution < -0.4 is 5.32 Å². The Morgan fingerprint density at radius 1 is 0.767 bits per heavy atom. The Hall–Kier alpha value is -5.23. The number of alkyl halides is 9. The summed E-state index contributed by atoms with van der Waals surface area (Å²) in [5.41, 5.74) is 1.60. The zero-order valence-corrected chi connectivity index (χ0v) is 20.8. The summed E-state index contributed by atoms with van der Waals surface area (Å²) in [6.45, 7) is 0. The number of carboxylic acid groups (broad SMARTS) is 2. The van der Waals surface area contributed by atoms with E-state index in [1.165, 1.54) is 22.7 Å². The normalized spacial score (nSPS) is 12.2. The van der Waals surface area contributed by atoms with E-state index in [0.717, 1.165) is 6.20 Å². The molecule has 1 amide bonds. The van der Waals surface area contributed by atoms with E-state index in [2.05, 4.69) is 15.0 Å². The van der Waals surface area contributed by atoms with Crippen molar-refractivity contribution in [2.45, 2.75) is 24.6 Å². The number of amides is 1. The summed E-state index contributed by atoms with van der Waals surface area (Å²) in [5, 5.41) is 16.3. The number of imidazole rings is 1. The minimum absolute atomic E-state index is 0.148. The maximum atomic E-state index is 13.6. The Morgan fingerprint density at radius 2 is 1.33 bits per heavy atom. The first-order chi connectivity index (χ1) is 19.8. The fraction of sp³-hybridized carbons (Fsp3) is 0.167. The summed E-state index contributed by atoms with van der Waals surface area (Å²) in [6, 6.07) is 9.04. The number of fused-ring (bicyclic) bond motifs is 1. The summed E-state index contributed by atoms with van der Waals surface area (Å²) >= 11 is 0. The van der Waals surface area contributed by atoms with Crippen molar-refractivity contribution >= 4 is 23.4 Å². The SMILES string of the molecule is O=C(NC(c1cccnc1)C(F)(F)F)c1nc(-c2ccncc2)c2ccccn12.O=C(O)C(F)(F)F.O=C(O)C(F)(F)F. The first kappa shape index (κ1) is 34.0. The molecule has 0 fully saturated rings. The van der Waals surface area contributed by atoms with Gasteiger partial charge >= 0.3 is 30.5 Å². The molecular formula is C24H16F9N5O5. The smallest absolute Gasteiger partial charge is 0.475 e. The Morgan fingerprint density at radius 3 is 1.79 bits per heavy atom. The third-order valence-electron chi connectivity index (χ3n) is 4.81. The molecule has 0 aliphatic carbocycles. The van der Waals surface area contributed by atoms with Crippen LogP contribution in [0.4, 0.5) is 39.5 Å². The molecule has 43 heavy (non-hydrogen) atoms. The molecule has 4 aromatic rings. The number of nitrogens with zero attached hydrogens (tertiary/aromatic N) is 4. The second-order valence-electron chi connectivity index (χ2n) is 7.82. The van der Waals surface area contributed by atoms with E-state index in [0.29, 0.717) is 16.8 Å². The van der Waals surface area contributed by atoms with Crippen molar-refractivity contribution in [1.82, 2.24) is 24.7 Å². The molecule has 0 aliphatic rings. The fourth-order valence-corrected chi connectivity index (χ4v) is 3.02. The number of carbonyl (C=O) groups excluding carboxylic acids is 1. The van der Waals surface area contributed by atoms with Gasteiger partial charge in [0.1, 0.15) is 0 Å². The van der Waals surface area contributed by atoms with Gasteiger partial charge in [0.2, 0.25) is 5.82 Å². The number of hydrogen-bond acceptors (Lipinski definition) is 6. The number of halogens is 9. The van der Waals surface area contributed by atoms with Crippen LogP contribution >= 0.6 is 0 Å². The van der Waals surface area contributed by atoms with Crippen LogP contribution in [0.15, 0.2) is 73.4 Å². The number of hydrogen-bond donors (Lipinski definition) is 3. The highest BCUT2D eigenvalue weighted by Gasteiger charge is 2.43. The molecule has 0 saturated carbocycles. The lowest BCUT2D eigenvalue weighted by Gasteiger charge is -2.21. The molecule has 0 aliphatic heterocycles. The molecule has 4 rings (SSSR count). The lowest BCUT2D eigenvalue weighted by atomic mass is 10.1. The molecule has 0 radical (unpaired) electrons. The lowest BCUT2D eigenvalue weighted by molar-refractivity contribution is -0.193. The highest BCUT2D eigenvalue weighted by Crippen LogP contribution is 2.33. The van der Waals surface area contributed by atoms with Crippen LogP contribution in [-0.4, -0.2) is 65.9 Å². The molecule has 4 heterocycles. The zero-order chi connectivity index (χ0) is 32.6. The standard InChI is InChI=1S/C20H14F3N5O.2C2HF3O2/c21-20(22,23)17(14-4-3-8-25-12-14)27-19(29)18-26-16(13-6-9-24-10-7-13)15-5-1-2-11-28(15)18;2*3-2(4,5)1(6)7/h1-12,17H,(H,27,29);2*(H,6,7). The predicted octanol–water partition coefficient (Wildman–Crippen LogP) is 5.09. The van der Waals surface area contributed by atoms with E-state index in [1.54, 1.807) is 48.9 Å². The van der Waals surface area contributed by atoms with Gasteiger partial charge in [0.15, 0.2) is 6.04 Å². The molecule has 1 unspecified atom stereocenters. The average molecular weight is 625 g/mol. The van der Waals surface area contributed by atoms with Crippen LogP contribution in [0.2, 0.25) is 0 Å². The van der Waals surface area contributed by atoms with Gasteiger partial charge in [-0.15, -0.1) is 0 Å². The lowest BCUT2D eigenvalue weighted by Crippen LogP contribution is -2.38. The number of carboxylic acids is 2. The quantitative estimate of drug-likeness (QED) is 0.266. The van der Waals surface area contributed by atoms with Crippen LogP contribution in [-0.2, 0) is 9.59 Å². The van der Waals surface area contributed by atoms with Crippen molar-refractivity contribution in [3.63, 3.8) is 0 Å². The highest BCUT2D eigenvalue weighted by atomic mass is 19.4. The van der Waals surface area contributed by atoms with Gasteiger partial charge in [0.25, 0.3) is 5.91 Å². The van der Waals surface area contributed by atoms with Gasteiger partial charge in [0.05, 0.1) is 11.2 Å². The van der Waals surface area contributed by atoms with Crippen molar-refractivity contribution in [3.05, 3.63) is 84.8 Å². The van der Waals surface area contributed by atoms with Crippen LogP contribution in [0.3, 0.4) is 0 Å². The third-order valence-corrected chi connectivity index (χ3v) is 4.81. The summed E-state index contributed by atoms with van der Waals surface area (Å²) in [7, 11) is 0. The number of carbonyl (C=O) groups is 3. The van der Waals surface area contributed by atoms with Gasteiger partial charge in [0, 0.05) is 42.1 Å². The minimum Gasteiger partial charge on any atom is -0.475 e. The Labute approximate surface area is 233 Å². The van der Waals surface area contributed by atoms with Gasteiger partial charge in [-0.1, -0.05) is 12.1 Å². The Balaban J connectivity index is 0.000000384. The molecule has 1 atom stereocenters. The predicted molar refractivity (Wildman–Crippen MR) is 126 cm³/mol. The van der Waals surface area contributed by atoms with Crippen molar-refractivity contribution in [3.8, 4) is 11.3 Å². The van der Waals surface area contributed by atoms with Gasteiger partial charge in [-0.05, 0) is 30.3 Å². The largest absolute Gasteiger partial charge is 0.490 e. The maximum Gasteiger partial charge on any atom is 0.490 e. The molecule has 0 saturated heterocycles. The van der Waals surface area contributed by atoms with Crippen molar-refractivity contribution in [2.75, 3.05) is 0 Å². The zero-order valence-electron chi connectivity index (χ0n) is 20.8. The van der Waals surface area contributed by atoms with Crippen LogP contribution in [0, 0.1) is 0 Å². The van der Waals surface area contributed by atoms with Gasteiger partial charge in [-0.3, -0.25) is 19.2 Å². The monoisotopic (exact) mass is 625 g/mol. The second-order valence-corrected chi connectivity index (χ2v) is 7.82. The first-order valence-electron chi connectivity index (χ1n) is 11.1. The number of aliphatic carboxylic acids is 2. The fourth-order valence-electron chi connectivity index (χ4n) is 3.02. The highest BCUT2D eigenvalue weighted by molar-refractivity contribution is 5.94. The molecule has 10 nitrogen and oxygen atoms in total. The summed E-state index contributed by atoms with van der Waals surface area (Å²) < 4.78 is 106. The summed E-state index contributed by atoms with van der Waals surface area (Å²) in [4.78, 5) is 42.6. The second kappa shape index (κ2) is 13.6. The van der Waals surface area contributed by atoms with Crippen molar-refractivity contribution < 1.29 is 64.1 Å². The molecule has 3 N–H and O–H groups in total. The van der Waals surface area contributed by atoms with E-state index in [4.69, 9.17) is 19.8 Å². The van der Waals surface area contributed by atoms with Gasteiger partial charge in [-0.2, -0.15) is 39.5 Å². The first-order valence-corrected chi connectivity index (χ1v) is 11.1.